The van der Waals surface area contributed by atoms with Crippen molar-refractivity contribution < 1.29 is 4.79 Å². The zero-order valence-electron chi connectivity index (χ0n) is 8.32. The molecule has 72 valence electrons. The van der Waals surface area contributed by atoms with Gasteiger partial charge in [-0.3, -0.25) is 4.79 Å². The van der Waals surface area contributed by atoms with E-state index in [0.717, 1.165) is 18.5 Å². The Morgan fingerprint density at radius 2 is 2.38 bits per heavy atom. The van der Waals surface area contributed by atoms with Crippen molar-refractivity contribution in [2.24, 2.45) is 0 Å². The maximum atomic E-state index is 11.0. The van der Waals surface area contributed by atoms with Crippen LogP contribution in [-0.2, 0) is 11.2 Å². The standard InChI is InChI=1S/C9H15N3O/c1-4-5-9-6-12(11-10-9)7(2)8(3)13/h6-7H,4-5H2,1-3H3. The van der Waals surface area contributed by atoms with Gasteiger partial charge < -0.3 is 0 Å². The molecule has 0 saturated heterocycles. The normalized spacial score (nSPS) is 12.8. The number of hydrogen-bond donors (Lipinski definition) is 0. The van der Waals surface area contributed by atoms with Crippen molar-refractivity contribution in [3.63, 3.8) is 0 Å². The first-order valence-electron chi connectivity index (χ1n) is 4.56. The molecular formula is C9H15N3O. The highest BCUT2D eigenvalue weighted by atomic mass is 16.1. The van der Waals surface area contributed by atoms with E-state index < -0.39 is 0 Å². The molecule has 0 amide bonds. The van der Waals surface area contributed by atoms with Crippen molar-refractivity contribution >= 4 is 5.78 Å². The van der Waals surface area contributed by atoms with Crippen LogP contribution in [0.1, 0.15) is 38.9 Å². The SMILES string of the molecule is CCCc1cn(C(C)C(C)=O)nn1. The number of nitrogens with zero attached hydrogens (tertiary/aromatic N) is 3. The van der Waals surface area contributed by atoms with Gasteiger partial charge >= 0.3 is 0 Å². The third-order valence-corrected chi connectivity index (χ3v) is 2.05. The third kappa shape index (κ3) is 2.37. The maximum Gasteiger partial charge on any atom is 0.154 e. The molecule has 0 aliphatic carbocycles. The molecule has 1 unspecified atom stereocenters. The summed E-state index contributed by atoms with van der Waals surface area (Å²) in [5.74, 6) is 0.105. The van der Waals surface area contributed by atoms with Crippen LogP contribution in [0.4, 0.5) is 0 Å². The molecule has 0 spiro atoms. The molecule has 1 rings (SSSR count). The van der Waals surface area contributed by atoms with Gasteiger partial charge in [0.05, 0.1) is 5.69 Å². The predicted molar refractivity (Wildman–Crippen MR) is 49.4 cm³/mol. The summed E-state index contributed by atoms with van der Waals surface area (Å²) in [5.41, 5.74) is 0.954. The molecule has 0 aromatic carbocycles. The Bertz CT molecular complexity index is 293. The summed E-state index contributed by atoms with van der Waals surface area (Å²) in [4.78, 5) is 11.0. The van der Waals surface area contributed by atoms with Gasteiger partial charge in [-0.2, -0.15) is 0 Å². The Labute approximate surface area is 77.9 Å². The second-order valence-electron chi connectivity index (χ2n) is 3.23. The lowest BCUT2D eigenvalue weighted by Crippen LogP contribution is -2.13. The van der Waals surface area contributed by atoms with Gasteiger partial charge in [0.25, 0.3) is 0 Å². The Hall–Kier alpha value is -1.19. The Kier molecular flexibility index (Phi) is 3.17. The van der Waals surface area contributed by atoms with Crippen molar-refractivity contribution in [2.45, 2.75) is 39.7 Å². The van der Waals surface area contributed by atoms with Gasteiger partial charge in [0.1, 0.15) is 6.04 Å². The zero-order valence-corrected chi connectivity index (χ0v) is 8.32. The maximum absolute atomic E-state index is 11.0. The average molecular weight is 181 g/mol. The van der Waals surface area contributed by atoms with Crippen molar-refractivity contribution in [1.82, 2.24) is 15.0 Å². The van der Waals surface area contributed by atoms with Crippen LogP contribution in [0, 0.1) is 0 Å². The summed E-state index contributed by atoms with van der Waals surface area (Å²) < 4.78 is 1.62. The predicted octanol–water partition coefficient (Wildman–Crippen LogP) is 1.38. The summed E-state index contributed by atoms with van der Waals surface area (Å²) >= 11 is 0. The monoisotopic (exact) mass is 181 g/mol. The Morgan fingerprint density at radius 3 is 2.92 bits per heavy atom. The van der Waals surface area contributed by atoms with E-state index in [1.165, 1.54) is 0 Å². The molecule has 13 heavy (non-hydrogen) atoms. The number of Topliss-reactive ketones (excluding diaryl/α,β-unsaturated/α-hetero) is 1. The molecule has 0 N–H and O–H groups in total. The smallest absolute Gasteiger partial charge is 0.154 e. The molecule has 0 saturated carbocycles. The highest BCUT2D eigenvalue weighted by molar-refractivity contribution is 5.79. The summed E-state index contributed by atoms with van der Waals surface area (Å²) in [6.45, 7) is 5.48. The number of aryl methyl sites for hydroxylation is 1. The van der Waals surface area contributed by atoms with Gasteiger partial charge in [0, 0.05) is 6.20 Å². The van der Waals surface area contributed by atoms with Crippen molar-refractivity contribution in [3.05, 3.63) is 11.9 Å². The van der Waals surface area contributed by atoms with Gasteiger partial charge in [-0.25, -0.2) is 4.68 Å². The molecular weight excluding hydrogens is 166 g/mol. The summed E-state index contributed by atoms with van der Waals surface area (Å²) in [6, 6.07) is -0.196. The molecule has 1 aromatic rings. The molecule has 4 nitrogen and oxygen atoms in total. The summed E-state index contributed by atoms with van der Waals surface area (Å²) in [6.07, 6.45) is 3.81. The van der Waals surface area contributed by atoms with E-state index in [2.05, 4.69) is 17.2 Å². The number of aromatic nitrogens is 3. The van der Waals surface area contributed by atoms with Crippen molar-refractivity contribution in [1.29, 1.82) is 0 Å². The minimum absolute atomic E-state index is 0.105. The van der Waals surface area contributed by atoms with E-state index in [-0.39, 0.29) is 11.8 Å². The van der Waals surface area contributed by atoms with Gasteiger partial charge in [-0.05, 0) is 20.3 Å². The fraction of sp³-hybridized carbons (Fsp3) is 0.667. The first-order valence-corrected chi connectivity index (χ1v) is 4.56. The molecule has 4 heteroatoms. The van der Waals surface area contributed by atoms with Crippen molar-refractivity contribution in [3.8, 4) is 0 Å². The minimum atomic E-state index is -0.196. The van der Waals surface area contributed by atoms with Gasteiger partial charge in [0.2, 0.25) is 0 Å². The zero-order chi connectivity index (χ0) is 9.84. The molecule has 1 atom stereocenters. The van der Waals surface area contributed by atoms with Crippen LogP contribution in [0.15, 0.2) is 6.20 Å². The number of carbonyl (C=O) groups is 1. The van der Waals surface area contributed by atoms with Gasteiger partial charge in [0.15, 0.2) is 5.78 Å². The van der Waals surface area contributed by atoms with Crippen LogP contribution in [0.3, 0.4) is 0 Å². The van der Waals surface area contributed by atoms with E-state index >= 15 is 0 Å². The number of ketones is 1. The van der Waals surface area contributed by atoms with E-state index in [1.54, 1.807) is 11.6 Å². The fourth-order valence-corrected chi connectivity index (χ4v) is 1.06. The van der Waals surface area contributed by atoms with Crippen LogP contribution >= 0.6 is 0 Å². The molecule has 1 aromatic heterocycles. The largest absolute Gasteiger partial charge is 0.298 e. The van der Waals surface area contributed by atoms with E-state index in [9.17, 15) is 4.79 Å². The second-order valence-corrected chi connectivity index (χ2v) is 3.23. The number of rotatable bonds is 4. The molecule has 0 aliphatic rings. The van der Waals surface area contributed by atoms with E-state index in [1.807, 2.05) is 13.1 Å². The van der Waals surface area contributed by atoms with Crippen molar-refractivity contribution in [2.75, 3.05) is 0 Å². The first-order chi connectivity index (χ1) is 6.15. The fourth-order valence-electron chi connectivity index (χ4n) is 1.06. The Morgan fingerprint density at radius 1 is 1.69 bits per heavy atom. The molecule has 1 heterocycles. The number of carbonyl (C=O) groups excluding carboxylic acids is 1. The summed E-state index contributed by atoms with van der Waals surface area (Å²) in [7, 11) is 0. The topological polar surface area (TPSA) is 47.8 Å². The van der Waals surface area contributed by atoms with Gasteiger partial charge in [-0.15, -0.1) is 5.10 Å². The average Bonchev–Trinajstić information content (AvgIpc) is 2.52. The van der Waals surface area contributed by atoms with Crippen LogP contribution in [0.5, 0.6) is 0 Å². The molecule has 0 radical (unpaired) electrons. The quantitative estimate of drug-likeness (QED) is 0.705. The lowest BCUT2D eigenvalue weighted by molar-refractivity contribution is -0.119. The van der Waals surface area contributed by atoms with E-state index in [0.29, 0.717) is 0 Å². The lowest BCUT2D eigenvalue weighted by Gasteiger charge is -2.05. The van der Waals surface area contributed by atoms with Crippen LogP contribution in [0.25, 0.3) is 0 Å². The van der Waals surface area contributed by atoms with Crippen LogP contribution in [-0.4, -0.2) is 20.8 Å². The lowest BCUT2D eigenvalue weighted by atomic mass is 10.2. The minimum Gasteiger partial charge on any atom is -0.298 e. The summed E-state index contributed by atoms with van der Waals surface area (Å²) in [5, 5.41) is 7.87. The van der Waals surface area contributed by atoms with E-state index in [4.69, 9.17) is 0 Å². The third-order valence-electron chi connectivity index (χ3n) is 2.05. The molecule has 0 aliphatic heterocycles. The highest BCUT2D eigenvalue weighted by Gasteiger charge is 2.11. The second kappa shape index (κ2) is 4.16. The van der Waals surface area contributed by atoms with Crippen LogP contribution < -0.4 is 0 Å². The molecule has 0 fully saturated rings. The van der Waals surface area contributed by atoms with Gasteiger partial charge in [-0.1, -0.05) is 18.6 Å². The number of hydrogen-bond acceptors (Lipinski definition) is 3. The highest BCUT2D eigenvalue weighted by Crippen LogP contribution is 2.06. The van der Waals surface area contributed by atoms with Crippen LogP contribution in [0.2, 0.25) is 0 Å². The molecule has 0 bridgehead atoms. The first kappa shape index (κ1) is 9.89. The Balaban J connectivity index is 2.73.